The summed E-state index contributed by atoms with van der Waals surface area (Å²) in [5.74, 6) is 0.582. The average molecular weight is 341 g/mol. The predicted octanol–water partition coefficient (Wildman–Crippen LogP) is 2.82. The number of amides is 1. The average Bonchev–Trinajstić information content (AvgIpc) is 3.16. The topological polar surface area (TPSA) is 84.7 Å². The highest BCUT2D eigenvalue weighted by Gasteiger charge is 2.27. The molecule has 0 bridgehead atoms. The molecule has 7 nitrogen and oxygen atoms in total. The lowest BCUT2D eigenvalue weighted by atomic mass is 10.1. The molecular formula is C18H19N3O4. The first kappa shape index (κ1) is 16.9. The van der Waals surface area contributed by atoms with E-state index >= 15 is 0 Å². The van der Waals surface area contributed by atoms with Crippen molar-refractivity contribution in [2.24, 2.45) is 0 Å². The number of likely N-dealkylation sites (N-methyl/N-ethyl adjacent to an activating group) is 1. The maximum Gasteiger partial charge on any atom is 0.270 e. The minimum Gasteiger partial charge on any atom is -0.457 e. The first-order chi connectivity index (χ1) is 12.1. The molecule has 1 heterocycles. The molecule has 2 aromatic rings. The van der Waals surface area contributed by atoms with Crippen LogP contribution in [-0.2, 0) is 0 Å². The lowest BCUT2D eigenvalue weighted by Gasteiger charge is -2.24. The van der Waals surface area contributed by atoms with Gasteiger partial charge in [-0.25, -0.2) is 0 Å². The smallest absolute Gasteiger partial charge is 0.270 e. The summed E-state index contributed by atoms with van der Waals surface area (Å²) in [6, 6.07) is 13.2. The zero-order chi connectivity index (χ0) is 17.8. The molecule has 7 heteroatoms. The molecule has 2 aromatic carbocycles. The van der Waals surface area contributed by atoms with Crippen molar-refractivity contribution < 1.29 is 14.5 Å². The highest BCUT2D eigenvalue weighted by Crippen LogP contribution is 2.30. The maximum atomic E-state index is 12.9. The molecule has 0 aromatic heterocycles. The van der Waals surface area contributed by atoms with Crippen LogP contribution in [0.1, 0.15) is 16.8 Å². The highest BCUT2D eigenvalue weighted by atomic mass is 16.6. The Morgan fingerprint density at radius 1 is 1.28 bits per heavy atom. The molecule has 25 heavy (non-hydrogen) atoms. The molecule has 1 amide bonds. The minimum absolute atomic E-state index is 0.0661. The van der Waals surface area contributed by atoms with Crippen LogP contribution in [0, 0.1) is 10.1 Å². The van der Waals surface area contributed by atoms with Crippen molar-refractivity contribution in [2.75, 3.05) is 20.1 Å². The summed E-state index contributed by atoms with van der Waals surface area (Å²) in [6.07, 6.45) is 0.853. The molecule has 0 saturated carbocycles. The number of rotatable bonds is 5. The van der Waals surface area contributed by atoms with E-state index in [4.69, 9.17) is 4.74 Å². The SMILES string of the molecule is CN(C(=O)c1cc([N+](=O)[O-])ccc1Oc1ccccc1)C1CCNC1. The van der Waals surface area contributed by atoms with Crippen molar-refractivity contribution in [3.63, 3.8) is 0 Å². The van der Waals surface area contributed by atoms with Crippen molar-refractivity contribution in [3.05, 3.63) is 64.2 Å². The molecule has 1 atom stereocenters. The standard InChI is InChI=1S/C18H19N3O4/c1-20(14-9-10-19-12-14)18(22)16-11-13(21(23)24)7-8-17(16)25-15-5-3-2-4-6-15/h2-8,11,14,19H,9-10,12H2,1H3. The van der Waals surface area contributed by atoms with Crippen molar-refractivity contribution >= 4 is 11.6 Å². The Morgan fingerprint density at radius 2 is 2.04 bits per heavy atom. The van der Waals surface area contributed by atoms with Crippen LogP contribution >= 0.6 is 0 Å². The van der Waals surface area contributed by atoms with Crippen molar-refractivity contribution in [2.45, 2.75) is 12.5 Å². The number of carbonyl (C=O) groups excluding carboxylic acids is 1. The van der Waals surface area contributed by atoms with E-state index in [1.165, 1.54) is 18.2 Å². The Hall–Kier alpha value is -2.93. The predicted molar refractivity (Wildman–Crippen MR) is 93.0 cm³/mol. The summed E-state index contributed by atoms with van der Waals surface area (Å²) < 4.78 is 5.79. The quantitative estimate of drug-likeness (QED) is 0.668. The van der Waals surface area contributed by atoms with Crippen LogP contribution in [-0.4, -0.2) is 41.9 Å². The van der Waals surface area contributed by atoms with E-state index in [-0.39, 0.29) is 23.2 Å². The minimum atomic E-state index is -0.514. The van der Waals surface area contributed by atoms with Crippen LogP contribution < -0.4 is 10.1 Å². The summed E-state index contributed by atoms with van der Waals surface area (Å²) in [4.78, 5) is 25.1. The number of hydrogen-bond acceptors (Lipinski definition) is 5. The van der Waals surface area contributed by atoms with Crippen LogP contribution in [0.15, 0.2) is 48.5 Å². The normalized spacial score (nSPS) is 16.4. The monoisotopic (exact) mass is 341 g/mol. The maximum absolute atomic E-state index is 12.9. The van der Waals surface area contributed by atoms with Gasteiger partial charge in [-0.15, -0.1) is 0 Å². The Bertz CT molecular complexity index is 773. The van der Waals surface area contributed by atoms with Crippen LogP contribution in [0.3, 0.4) is 0 Å². The third-order valence-electron chi connectivity index (χ3n) is 4.28. The highest BCUT2D eigenvalue weighted by molar-refractivity contribution is 5.97. The Morgan fingerprint density at radius 3 is 2.68 bits per heavy atom. The summed E-state index contributed by atoms with van der Waals surface area (Å²) in [5.41, 5.74) is 0.0501. The fourth-order valence-electron chi connectivity index (χ4n) is 2.83. The van der Waals surface area contributed by atoms with Gasteiger partial charge in [-0.05, 0) is 31.2 Å². The van der Waals surface area contributed by atoms with Gasteiger partial charge in [0.25, 0.3) is 11.6 Å². The molecule has 0 aliphatic carbocycles. The van der Waals surface area contributed by atoms with Crippen molar-refractivity contribution in [1.82, 2.24) is 10.2 Å². The van der Waals surface area contributed by atoms with E-state index in [1.54, 1.807) is 24.1 Å². The fraction of sp³-hybridized carbons (Fsp3) is 0.278. The third kappa shape index (κ3) is 3.77. The van der Waals surface area contributed by atoms with Gasteiger partial charge in [0, 0.05) is 31.8 Å². The Kier molecular flexibility index (Phi) is 4.95. The number of carbonyl (C=O) groups is 1. The second-order valence-electron chi connectivity index (χ2n) is 5.92. The molecule has 0 spiro atoms. The second-order valence-corrected chi connectivity index (χ2v) is 5.92. The van der Waals surface area contributed by atoms with E-state index in [1.807, 2.05) is 18.2 Å². The van der Waals surface area contributed by atoms with Crippen molar-refractivity contribution in [1.29, 1.82) is 0 Å². The van der Waals surface area contributed by atoms with E-state index < -0.39 is 4.92 Å². The number of para-hydroxylation sites is 1. The third-order valence-corrected chi connectivity index (χ3v) is 4.28. The molecule has 1 saturated heterocycles. The lowest BCUT2D eigenvalue weighted by Crippen LogP contribution is -2.38. The van der Waals surface area contributed by atoms with Crippen LogP contribution in [0.4, 0.5) is 5.69 Å². The van der Waals surface area contributed by atoms with Crippen LogP contribution in [0.25, 0.3) is 0 Å². The molecule has 1 N–H and O–H groups in total. The molecule has 3 rings (SSSR count). The van der Waals surface area contributed by atoms with Gasteiger partial charge in [-0.2, -0.15) is 0 Å². The second kappa shape index (κ2) is 7.31. The molecule has 1 aliphatic heterocycles. The zero-order valence-corrected chi connectivity index (χ0v) is 13.8. The molecule has 0 radical (unpaired) electrons. The summed E-state index contributed by atoms with van der Waals surface area (Å²) in [7, 11) is 1.71. The van der Waals surface area contributed by atoms with Gasteiger partial charge in [0.1, 0.15) is 11.5 Å². The zero-order valence-electron chi connectivity index (χ0n) is 13.8. The van der Waals surface area contributed by atoms with Gasteiger partial charge in [0.2, 0.25) is 0 Å². The van der Waals surface area contributed by atoms with Gasteiger partial charge < -0.3 is 15.0 Å². The number of non-ortho nitro benzene ring substituents is 1. The number of ether oxygens (including phenoxy) is 1. The lowest BCUT2D eigenvalue weighted by molar-refractivity contribution is -0.384. The van der Waals surface area contributed by atoms with Crippen molar-refractivity contribution in [3.8, 4) is 11.5 Å². The van der Waals surface area contributed by atoms with Gasteiger partial charge in [0.15, 0.2) is 0 Å². The molecule has 130 valence electrons. The van der Waals surface area contributed by atoms with Gasteiger partial charge >= 0.3 is 0 Å². The number of benzene rings is 2. The molecular weight excluding hydrogens is 322 g/mol. The summed E-state index contributed by atoms with van der Waals surface area (Å²) >= 11 is 0. The number of nitro groups is 1. The van der Waals surface area contributed by atoms with Gasteiger partial charge in [0.05, 0.1) is 10.5 Å². The largest absolute Gasteiger partial charge is 0.457 e. The van der Waals surface area contributed by atoms with E-state index in [2.05, 4.69) is 5.32 Å². The summed E-state index contributed by atoms with van der Waals surface area (Å²) in [5, 5.41) is 14.3. The molecule has 1 fully saturated rings. The number of nitrogens with zero attached hydrogens (tertiary/aromatic N) is 2. The Labute approximate surface area is 145 Å². The van der Waals surface area contributed by atoms with E-state index in [0.717, 1.165) is 13.0 Å². The van der Waals surface area contributed by atoms with E-state index in [0.29, 0.717) is 18.0 Å². The summed E-state index contributed by atoms with van der Waals surface area (Å²) in [6.45, 7) is 1.57. The van der Waals surface area contributed by atoms with Gasteiger partial charge in [-0.3, -0.25) is 14.9 Å². The molecule has 1 aliphatic rings. The first-order valence-corrected chi connectivity index (χ1v) is 8.05. The number of nitro benzene ring substituents is 1. The van der Waals surface area contributed by atoms with E-state index in [9.17, 15) is 14.9 Å². The number of nitrogens with one attached hydrogen (secondary N) is 1. The fourth-order valence-corrected chi connectivity index (χ4v) is 2.83. The Balaban J connectivity index is 1.94. The molecule has 1 unspecified atom stereocenters. The van der Waals surface area contributed by atoms with Gasteiger partial charge in [-0.1, -0.05) is 18.2 Å². The van der Waals surface area contributed by atoms with Crippen LogP contribution in [0.5, 0.6) is 11.5 Å². The number of hydrogen-bond donors (Lipinski definition) is 1. The van der Waals surface area contributed by atoms with Crippen LogP contribution in [0.2, 0.25) is 0 Å². The first-order valence-electron chi connectivity index (χ1n) is 8.05.